The first-order chi connectivity index (χ1) is 8.19. The van der Waals surface area contributed by atoms with Gasteiger partial charge >= 0.3 is 11.9 Å². The van der Waals surface area contributed by atoms with E-state index in [1.165, 1.54) is 0 Å². The summed E-state index contributed by atoms with van der Waals surface area (Å²) in [5.74, 6) is -0.653. The second-order valence-electron chi connectivity index (χ2n) is 4.02. The highest BCUT2D eigenvalue weighted by Crippen LogP contribution is 2.16. The third-order valence-corrected chi connectivity index (χ3v) is 2.81. The van der Waals surface area contributed by atoms with Crippen LogP contribution in [-0.2, 0) is 19.1 Å². The van der Waals surface area contributed by atoms with Crippen molar-refractivity contribution in [2.45, 2.75) is 39.2 Å². The Morgan fingerprint density at radius 2 is 1.71 bits per heavy atom. The summed E-state index contributed by atoms with van der Waals surface area (Å²) in [5.41, 5.74) is 0. The Kier molecular flexibility index (Phi) is 5.97. The number of carbonyl (C=O) groups excluding carboxylic acids is 2. The lowest BCUT2D eigenvalue weighted by atomic mass is 10.2. The lowest BCUT2D eigenvalue weighted by Crippen LogP contribution is -2.42. The Balaban J connectivity index is 2.57. The average molecular weight is 243 g/mol. The highest BCUT2D eigenvalue weighted by Gasteiger charge is 2.31. The van der Waals surface area contributed by atoms with Gasteiger partial charge in [-0.1, -0.05) is 0 Å². The average Bonchev–Trinajstić information content (AvgIpc) is 2.79. The molecule has 1 fully saturated rings. The number of esters is 2. The molecule has 0 aromatic heterocycles. The van der Waals surface area contributed by atoms with E-state index in [1.807, 2.05) is 4.90 Å². The van der Waals surface area contributed by atoms with Crippen LogP contribution in [0, 0.1) is 0 Å². The van der Waals surface area contributed by atoms with Gasteiger partial charge in [-0.25, -0.2) is 0 Å². The van der Waals surface area contributed by atoms with E-state index in [2.05, 4.69) is 0 Å². The molecule has 98 valence electrons. The van der Waals surface area contributed by atoms with Crippen LogP contribution in [0.15, 0.2) is 0 Å². The third-order valence-electron chi connectivity index (χ3n) is 2.81. The van der Waals surface area contributed by atoms with E-state index in [4.69, 9.17) is 9.47 Å². The zero-order valence-electron chi connectivity index (χ0n) is 10.6. The van der Waals surface area contributed by atoms with Crippen LogP contribution in [0.2, 0.25) is 0 Å². The normalized spacial score (nSPS) is 17.8. The fraction of sp³-hybridized carbons (Fsp3) is 0.833. The van der Waals surface area contributed by atoms with Crippen LogP contribution in [-0.4, -0.2) is 49.2 Å². The molecule has 0 radical (unpaired) electrons. The van der Waals surface area contributed by atoms with Gasteiger partial charge in [0.15, 0.2) is 0 Å². The van der Waals surface area contributed by atoms with Gasteiger partial charge in [-0.3, -0.25) is 14.5 Å². The zero-order valence-corrected chi connectivity index (χ0v) is 10.6. The molecule has 0 bridgehead atoms. The summed E-state index contributed by atoms with van der Waals surface area (Å²) in [7, 11) is 0. The van der Waals surface area contributed by atoms with Gasteiger partial charge in [0.05, 0.1) is 19.6 Å². The van der Waals surface area contributed by atoms with E-state index in [9.17, 15) is 9.59 Å². The largest absolute Gasteiger partial charge is 0.466 e. The molecule has 0 aliphatic carbocycles. The van der Waals surface area contributed by atoms with E-state index >= 15 is 0 Å². The number of hydrogen-bond donors (Lipinski definition) is 0. The summed E-state index contributed by atoms with van der Waals surface area (Å²) in [5, 5.41) is 0. The third kappa shape index (κ3) is 4.34. The maximum absolute atomic E-state index is 11.8. The Labute approximate surface area is 102 Å². The molecule has 0 aromatic carbocycles. The van der Waals surface area contributed by atoms with Gasteiger partial charge in [0.25, 0.3) is 0 Å². The van der Waals surface area contributed by atoms with E-state index in [0.29, 0.717) is 13.2 Å². The minimum absolute atomic E-state index is 0.0900. The number of hydrogen-bond acceptors (Lipinski definition) is 5. The monoisotopic (exact) mass is 243 g/mol. The van der Waals surface area contributed by atoms with Crippen LogP contribution in [0.5, 0.6) is 0 Å². The maximum Gasteiger partial charge on any atom is 0.323 e. The Morgan fingerprint density at radius 3 is 2.24 bits per heavy atom. The Bertz CT molecular complexity index is 261. The molecular weight excluding hydrogens is 222 g/mol. The van der Waals surface area contributed by atoms with Crippen molar-refractivity contribution in [3.8, 4) is 0 Å². The fourth-order valence-electron chi connectivity index (χ4n) is 2.03. The van der Waals surface area contributed by atoms with Crippen molar-refractivity contribution in [1.29, 1.82) is 0 Å². The zero-order chi connectivity index (χ0) is 12.7. The van der Waals surface area contributed by atoms with Crippen LogP contribution in [0.1, 0.15) is 33.1 Å². The van der Waals surface area contributed by atoms with Gasteiger partial charge in [-0.05, 0) is 39.8 Å². The molecule has 0 spiro atoms. The molecule has 1 aliphatic rings. The Morgan fingerprint density at radius 1 is 1.12 bits per heavy atom. The van der Waals surface area contributed by atoms with Crippen LogP contribution < -0.4 is 0 Å². The maximum atomic E-state index is 11.8. The molecule has 17 heavy (non-hydrogen) atoms. The van der Waals surface area contributed by atoms with Crippen LogP contribution >= 0.6 is 0 Å². The van der Waals surface area contributed by atoms with Crippen molar-refractivity contribution >= 4 is 11.9 Å². The highest BCUT2D eigenvalue weighted by atomic mass is 16.5. The van der Waals surface area contributed by atoms with Crippen molar-refractivity contribution in [2.75, 3.05) is 26.3 Å². The predicted octanol–water partition coefficient (Wildman–Crippen LogP) is 0.967. The molecule has 1 atom stereocenters. The standard InChI is InChI=1S/C12H21NO4/c1-3-16-11(14)9-10(12(15)17-4-2)13-7-5-6-8-13/h10H,3-9H2,1-2H3/t10-/m1/s1. The van der Waals surface area contributed by atoms with Gasteiger partial charge in [0, 0.05) is 0 Å². The van der Waals surface area contributed by atoms with Crippen molar-refractivity contribution in [2.24, 2.45) is 0 Å². The first-order valence-corrected chi connectivity index (χ1v) is 6.25. The highest BCUT2D eigenvalue weighted by molar-refractivity contribution is 5.82. The van der Waals surface area contributed by atoms with E-state index in [0.717, 1.165) is 25.9 Å². The minimum atomic E-state index is -0.475. The van der Waals surface area contributed by atoms with Crippen LogP contribution in [0.3, 0.4) is 0 Å². The molecule has 1 heterocycles. The topological polar surface area (TPSA) is 55.8 Å². The number of carbonyl (C=O) groups is 2. The van der Waals surface area contributed by atoms with Crippen molar-refractivity contribution < 1.29 is 19.1 Å². The summed E-state index contributed by atoms with van der Waals surface area (Å²) in [6, 6.07) is -0.475. The lowest BCUT2D eigenvalue weighted by Gasteiger charge is -2.24. The molecule has 0 aromatic rings. The van der Waals surface area contributed by atoms with Gasteiger partial charge in [-0.15, -0.1) is 0 Å². The number of ether oxygens (including phenoxy) is 2. The van der Waals surface area contributed by atoms with E-state index < -0.39 is 6.04 Å². The van der Waals surface area contributed by atoms with Crippen LogP contribution in [0.25, 0.3) is 0 Å². The first-order valence-electron chi connectivity index (χ1n) is 6.25. The summed E-state index contributed by atoms with van der Waals surface area (Å²) >= 11 is 0. The number of rotatable bonds is 6. The quantitative estimate of drug-likeness (QED) is 0.651. The smallest absolute Gasteiger partial charge is 0.323 e. The fourth-order valence-corrected chi connectivity index (χ4v) is 2.03. The summed E-state index contributed by atoms with van der Waals surface area (Å²) in [6.45, 7) is 5.91. The summed E-state index contributed by atoms with van der Waals surface area (Å²) in [4.78, 5) is 25.3. The van der Waals surface area contributed by atoms with E-state index in [-0.39, 0.29) is 18.4 Å². The Hall–Kier alpha value is -1.10. The molecule has 0 saturated carbocycles. The van der Waals surface area contributed by atoms with Gasteiger partial charge in [0.2, 0.25) is 0 Å². The first kappa shape index (κ1) is 14.0. The molecule has 1 saturated heterocycles. The van der Waals surface area contributed by atoms with Crippen molar-refractivity contribution in [1.82, 2.24) is 4.90 Å². The number of likely N-dealkylation sites (tertiary alicyclic amines) is 1. The molecule has 1 aliphatic heterocycles. The molecule has 1 rings (SSSR count). The molecule has 5 nitrogen and oxygen atoms in total. The molecule has 0 unspecified atom stereocenters. The second kappa shape index (κ2) is 7.27. The van der Waals surface area contributed by atoms with Gasteiger partial charge in [-0.2, -0.15) is 0 Å². The lowest BCUT2D eigenvalue weighted by molar-refractivity contribution is -0.155. The van der Waals surface area contributed by atoms with Crippen LogP contribution in [0.4, 0.5) is 0 Å². The molecule has 0 amide bonds. The molecule has 0 N–H and O–H groups in total. The summed E-state index contributed by atoms with van der Waals surface area (Å²) < 4.78 is 9.89. The van der Waals surface area contributed by atoms with Crippen molar-refractivity contribution in [3.63, 3.8) is 0 Å². The SMILES string of the molecule is CCOC(=O)C[C@H](C(=O)OCC)N1CCCC1. The second-order valence-corrected chi connectivity index (χ2v) is 4.02. The molecule has 5 heteroatoms. The number of nitrogens with zero attached hydrogens (tertiary/aromatic N) is 1. The van der Waals surface area contributed by atoms with Gasteiger partial charge in [0.1, 0.15) is 6.04 Å². The van der Waals surface area contributed by atoms with Crippen molar-refractivity contribution in [3.05, 3.63) is 0 Å². The molecular formula is C12H21NO4. The minimum Gasteiger partial charge on any atom is -0.466 e. The van der Waals surface area contributed by atoms with Gasteiger partial charge < -0.3 is 9.47 Å². The summed E-state index contributed by atoms with van der Waals surface area (Å²) in [6.07, 6.45) is 2.23. The van der Waals surface area contributed by atoms with E-state index in [1.54, 1.807) is 13.8 Å². The predicted molar refractivity (Wildman–Crippen MR) is 62.5 cm³/mol.